The second-order valence-electron chi connectivity index (χ2n) is 6.04. The first-order valence-corrected chi connectivity index (χ1v) is 8.96. The number of rotatable bonds is 7. The van der Waals surface area contributed by atoms with Gasteiger partial charge in [-0.25, -0.2) is 9.59 Å². The fourth-order valence-corrected chi connectivity index (χ4v) is 3.21. The van der Waals surface area contributed by atoms with Crippen LogP contribution in [0, 0.1) is 0 Å². The fraction of sp³-hybridized carbons (Fsp3) is 0.368. The number of carbonyl (C=O) groups excluding carboxylic acids is 2. The molecule has 0 saturated carbocycles. The van der Waals surface area contributed by atoms with Crippen molar-refractivity contribution in [3.63, 3.8) is 0 Å². The van der Waals surface area contributed by atoms with Gasteiger partial charge in [0.15, 0.2) is 0 Å². The van der Waals surface area contributed by atoms with Crippen LogP contribution in [0.1, 0.15) is 25.3 Å². The molecule has 1 aliphatic rings. The number of carbonyl (C=O) groups is 2. The van der Waals surface area contributed by atoms with Crippen LogP contribution in [0.5, 0.6) is 0 Å². The zero-order valence-corrected chi connectivity index (χ0v) is 18.6. The van der Waals surface area contributed by atoms with Gasteiger partial charge in [0.25, 0.3) is 0 Å². The Hall–Kier alpha value is -1.77. The Morgan fingerprint density at radius 3 is 1.90 bits per heavy atom. The Morgan fingerprint density at radius 2 is 1.48 bits per heavy atom. The van der Waals surface area contributed by atoms with E-state index in [1.807, 2.05) is 0 Å². The minimum absolute atomic E-state index is 0. The Bertz CT molecular complexity index is 755. The van der Waals surface area contributed by atoms with Crippen LogP contribution in [-0.2, 0) is 19.1 Å². The number of hydrogen-bond donors (Lipinski definition) is 3. The molecule has 1 aliphatic heterocycles. The number of allylic oxidation sites excluding steroid dienone is 2. The zero-order valence-electron chi connectivity index (χ0n) is 16.2. The van der Waals surface area contributed by atoms with Crippen LogP contribution in [0.2, 0.25) is 5.02 Å². The lowest BCUT2D eigenvalue weighted by molar-refractivity contribution is -0.139. The number of dihydropyridines is 1. The molecule has 1 aromatic rings. The van der Waals surface area contributed by atoms with Crippen LogP contribution in [0.3, 0.4) is 0 Å². The van der Waals surface area contributed by atoms with Crippen molar-refractivity contribution in [2.24, 2.45) is 11.5 Å². The molecule has 0 spiro atoms. The van der Waals surface area contributed by atoms with Crippen LogP contribution in [0.4, 0.5) is 0 Å². The Labute approximate surface area is 187 Å². The van der Waals surface area contributed by atoms with Gasteiger partial charge in [0.1, 0.15) is 13.2 Å². The number of ether oxygens (including phenoxy) is 2. The molecule has 0 aliphatic carbocycles. The summed E-state index contributed by atoms with van der Waals surface area (Å²) < 4.78 is 10.5. The fourth-order valence-electron chi connectivity index (χ4n) is 3.01. The summed E-state index contributed by atoms with van der Waals surface area (Å²) in [6.07, 6.45) is 0. The molecular weight excluding hydrogens is 441 g/mol. The highest BCUT2D eigenvalue weighted by Gasteiger charge is 2.38. The van der Waals surface area contributed by atoms with E-state index < -0.39 is 17.9 Å². The summed E-state index contributed by atoms with van der Waals surface area (Å²) in [6, 6.07) is 6.99. The molecule has 1 aromatic carbocycles. The number of benzene rings is 1. The van der Waals surface area contributed by atoms with Crippen LogP contribution in [-0.4, -0.2) is 38.2 Å². The van der Waals surface area contributed by atoms with E-state index >= 15 is 0 Å². The van der Waals surface area contributed by atoms with E-state index in [1.165, 1.54) is 0 Å². The Kier molecular flexibility index (Phi) is 11.9. The molecule has 2 rings (SSSR count). The highest BCUT2D eigenvalue weighted by Crippen LogP contribution is 2.39. The minimum Gasteiger partial charge on any atom is -0.461 e. The van der Waals surface area contributed by atoms with E-state index in [2.05, 4.69) is 5.32 Å². The molecule has 0 saturated heterocycles. The van der Waals surface area contributed by atoms with Gasteiger partial charge in [0, 0.05) is 29.5 Å². The first-order valence-electron chi connectivity index (χ1n) is 8.59. The van der Waals surface area contributed by atoms with Crippen molar-refractivity contribution in [3.8, 4) is 0 Å². The molecule has 1 heterocycles. The predicted molar refractivity (Wildman–Crippen MR) is 117 cm³/mol. The summed E-state index contributed by atoms with van der Waals surface area (Å²) in [7, 11) is 0. The van der Waals surface area contributed by atoms with E-state index in [0.29, 0.717) is 33.1 Å². The second kappa shape index (κ2) is 12.7. The topological polar surface area (TPSA) is 117 Å². The maximum absolute atomic E-state index is 12.7. The van der Waals surface area contributed by atoms with Crippen molar-refractivity contribution in [3.05, 3.63) is 57.4 Å². The standard InChI is InChI=1S/C19H24ClN3O4.2ClH/c1-11-15(18(24)26-8-6-21)17(13-4-3-5-14(20)10-13)16(12(2)23-11)19(25)27-9-7-22;;/h3-5,10,17,23H,6-9,21-22H2,1-2H3;2*1H. The summed E-state index contributed by atoms with van der Waals surface area (Å²) in [5, 5.41) is 3.56. The quantitative estimate of drug-likeness (QED) is 0.528. The monoisotopic (exact) mass is 465 g/mol. The average Bonchev–Trinajstić information content (AvgIpc) is 2.63. The molecular formula is C19H26Cl3N3O4. The van der Waals surface area contributed by atoms with E-state index in [4.69, 9.17) is 32.5 Å². The molecule has 29 heavy (non-hydrogen) atoms. The molecule has 0 unspecified atom stereocenters. The van der Waals surface area contributed by atoms with Gasteiger partial charge in [0.2, 0.25) is 0 Å². The maximum Gasteiger partial charge on any atom is 0.336 e. The number of hydrogen-bond acceptors (Lipinski definition) is 7. The third-order valence-electron chi connectivity index (χ3n) is 4.08. The summed E-state index contributed by atoms with van der Waals surface area (Å²) >= 11 is 6.15. The van der Waals surface area contributed by atoms with Gasteiger partial charge in [-0.15, -0.1) is 24.8 Å². The van der Waals surface area contributed by atoms with Crippen LogP contribution in [0.25, 0.3) is 0 Å². The summed E-state index contributed by atoms with van der Waals surface area (Å²) in [4.78, 5) is 25.4. The van der Waals surface area contributed by atoms with Crippen molar-refractivity contribution < 1.29 is 19.1 Å². The number of esters is 2. The lowest BCUT2D eigenvalue weighted by atomic mass is 9.80. The van der Waals surface area contributed by atoms with Gasteiger partial charge in [-0.1, -0.05) is 23.7 Å². The van der Waals surface area contributed by atoms with Gasteiger partial charge in [-0.05, 0) is 31.5 Å². The van der Waals surface area contributed by atoms with E-state index in [1.54, 1.807) is 38.1 Å². The van der Waals surface area contributed by atoms with E-state index in [0.717, 1.165) is 0 Å². The van der Waals surface area contributed by atoms with Gasteiger partial charge >= 0.3 is 11.9 Å². The molecule has 0 fully saturated rings. The van der Waals surface area contributed by atoms with Crippen molar-refractivity contribution in [1.82, 2.24) is 5.32 Å². The third-order valence-corrected chi connectivity index (χ3v) is 4.32. The zero-order chi connectivity index (χ0) is 20.0. The summed E-state index contributed by atoms with van der Waals surface area (Å²) in [5.41, 5.74) is 13.4. The highest BCUT2D eigenvalue weighted by atomic mass is 35.5. The van der Waals surface area contributed by atoms with Gasteiger partial charge in [-0.3, -0.25) is 0 Å². The van der Waals surface area contributed by atoms with Crippen molar-refractivity contribution in [2.75, 3.05) is 26.3 Å². The number of nitrogens with one attached hydrogen (secondary N) is 1. The molecule has 0 aromatic heterocycles. The van der Waals surface area contributed by atoms with Crippen LogP contribution in [0.15, 0.2) is 46.8 Å². The van der Waals surface area contributed by atoms with Gasteiger partial charge in [-0.2, -0.15) is 0 Å². The Balaban J connectivity index is 0.00000392. The Morgan fingerprint density at radius 1 is 1.00 bits per heavy atom. The lowest BCUT2D eigenvalue weighted by Crippen LogP contribution is -2.33. The number of nitrogens with two attached hydrogens (primary N) is 2. The molecule has 0 atom stereocenters. The summed E-state index contributed by atoms with van der Waals surface area (Å²) in [5.74, 6) is -1.78. The molecule has 0 amide bonds. The van der Waals surface area contributed by atoms with Gasteiger partial charge < -0.3 is 26.3 Å². The molecule has 5 N–H and O–H groups in total. The molecule has 162 valence electrons. The smallest absolute Gasteiger partial charge is 0.336 e. The van der Waals surface area contributed by atoms with Gasteiger partial charge in [0.05, 0.1) is 17.1 Å². The molecule has 7 nitrogen and oxygen atoms in total. The first-order chi connectivity index (χ1) is 12.9. The average molecular weight is 467 g/mol. The molecule has 0 bridgehead atoms. The van der Waals surface area contributed by atoms with Crippen LogP contribution >= 0.6 is 36.4 Å². The number of halogens is 3. The maximum atomic E-state index is 12.7. The molecule has 0 radical (unpaired) electrons. The highest BCUT2D eigenvalue weighted by molar-refractivity contribution is 6.30. The van der Waals surface area contributed by atoms with Crippen LogP contribution < -0.4 is 16.8 Å². The third kappa shape index (κ3) is 6.62. The first kappa shape index (κ1) is 27.2. The largest absolute Gasteiger partial charge is 0.461 e. The van der Waals surface area contributed by atoms with Crippen molar-refractivity contribution in [2.45, 2.75) is 19.8 Å². The van der Waals surface area contributed by atoms with Crippen molar-refractivity contribution >= 4 is 48.4 Å². The molecule has 10 heteroatoms. The second-order valence-corrected chi connectivity index (χ2v) is 6.48. The minimum atomic E-state index is -0.680. The summed E-state index contributed by atoms with van der Waals surface area (Å²) in [6.45, 7) is 4.06. The SMILES string of the molecule is CC1=C(C(=O)OCCN)C(c2cccc(Cl)c2)C(C(=O)OCCN)=C(C)N1.Cl.Cl. The van der Waals surface area contributed by atoms with Crippen molar-refractivity contribution in [1.29, 1.82) is 0 Å². The lowest BCUT2D eigenvalue weighted by Gasteiger charge is -2.30. The predicted octanol–water partition coefficient (Wildman–Crippen LogP) is 2.42. The van der Waals surface area contributed by atoms with E-state index in [9.17, 15) is 9.59 Å². The van der Waals surface area contributed by atoms with E-state index in [-0.39, 0.29) is 51.1 Å². The normalized spacial score (nSPS) is 13.8.